The summed E-state index contributed by atoms with van der Waals surface area (Å²) in [6.45, 7) is 7.16. The Balaban J connectivity index is 1.36. The van der Waals surface area contributed by atoms with E-state index in [0.717, 1.165) is 41.5 Å². The molecule has 0 bridgehead atoms. The van der Waals surface area contributed by atoms with Crippen molar-refractivity contribution in [3.8, 4) is 0 Å². The molecule has 3 aromatic rings. The monoisotopic (exact) mass is 403 g/mol. The number of nitrogens with one attached hydrogen (secondary N) is 2. The van der Waals surface area contributed by atoms with E-state index < -0.39 is 0 Å². The first-order chi connectivity index (χ1) is 14.7. The SMILES string of the molecule is Cc1ccc(Nc2ccc(/C=N/Nc3ncc(C)c(N4CCOCC4)n3)nc2)cc1. The Hall–Kier alpha value is -3.52. The first-order valence-corrected chi connectivity index (χ1v) is 9.92. The van der Waals surface area contributed by atoms with Crippen molar-refractivity contribution in [1.29, 1.82) is 0 Å². The van der Waals surface area contributed by atoms with Crippen LogP contribution in [0.2, 0.25) is 0 Å². The van der Waals surface area contributed by atoms with Gasteiger partial charge < -0.3 is 15.0 Å². The number of benzene rings is 1. The quantitative estimate of drug-likeness (QED) is 0.481. The van der Waals surface area contributed by atoms with Crippen molar-refractivity contribution in [1.82, 2.24) is 15.0 Å². The number of nitrogens with zero attached hydrogens (tertiary/aromatic N) is 5. The molecule has 0 unspecified atom stereocenters. The average Bonchev–Trinajstić information content (AvgIpc) is 2.78. The largest absolute Gasteiger partial charge is 0.378 e. The number of hydrogen-bond donors (Lipinski definition) is 2. The second-order valence-electron chi connectivity index (χ2n) is 7.13. The van der Waals surface area contributed by atoms with Gasteiger partial charge in [-0.25, -0.2) is 10.4 Å². The topological polar surface area (TPSA) is 87.6 Å². The molecule has 2 aromatic heterocycles. The highest BCUT2D eigenvalue weighted by molar-refractivity contribution is 5.78. The van der Waals surface area contributed by atoms with Crippen molar-refractivity contribution in [2.45, 2.75) is 13.8 Å². The standard InChI is InChI=1S/C22H25N7O/c1-16-3-5-18(6-4-16)26-20-8-7-19(23-14-20)15-25-28-22-24-13-17(2)21(27-22)29-9-11-30-12-10-29/h3-8,13-15,26H,9-12H2,1-2H3,(H,24,27,28)/b25-15+. The molecule has 1 fully saturated rings. The molecule has 0 spiro atoms. The molecule has 2 N–H and O–H groups in total. The van der Waals surface area contributed by atoms with Crippen molar-refractivity contribution in [3.63, 3.8) is 0 Å². The summed E-state index contributed by atoms with van der Waals surface area (Å²) in [5.41, 5.74) is 7.83. The number of hydrazone groups is 1. The minimum Gasteiger partial charge on any atom is -0.378 e. The molecular weight excluding hydrogens is 378 g/mol. The average molecular weight is 403 g/mol. The summed E-state index contributed by atoms with van der Waals surface area (Å²) in [6.07, 6.45) is 5.23. The van der Waals surface area contributed by atoms with Crippen molar-refractivity contribution in [2.24, 2.45) is 5.10 Å². The molecule has 154 valence electrons. The zero-order valence-electron chi connectivity index (χ0n) is 17.2. The fourth-order valence-corrected chi connectivity index (χ4v) is 3.10. The van der Waals surface area contributed by atoms with Gasteiger partial charge in [-0.15, -0.1) is 0 Å². The number of hydrogen-bond acceptors (Lipinski definition) is 8. The molecule has 1 saturated heterocycles. The maximum Gasteiger partial charge on any atom is 0.245 e. The maximum atomic E-state index is 5.42. The first kappa shape index (κ1) is 19.8. The van der Waals surface area contributed by atoms with Gasteiger partial charge in [-0.1, -0.05) is 17.7 Å². The predicted octanol–water partition coefficient (Wildman–Crippen LogP) is 3.51. The van der Waals surface area contributed by atoms with Gasteiger partial charge in [0.05, 0.1) is 37.0 Å². The van der Waals surface area contributed by atoms with Gasteiger partial charge in [0.1, 0.15) is 5.82 Å². The fraction of sp³-hybridized carbons (Fsp3) is 0.273. The summed E-state index contributed by atoms with van der Waals surface area (Å²) in [5, 5.41) is 7.55. The Bertz CT molecular complexity index is 997. The van der Waals surface area contributed by atoms with E-state index in [9.17, 15) is 0 Å². The molecule has 0 radical (unpaired) electrons. The Morgan fingerprint density at radius 1 is 0.967 bits per heavy atom. The lowest BCUT2D eigenvalue weighted by Crippen LogP contribution is -2.37. The summed E-state index contributed by atoms with van der Waals surface area (Å²) < 4.78 is 5.42. The lowest BCUT2D eigenvalue weighted by atomic mass is 10.2. The van der Waals surface area contributed by atoms with E-state index in [4.69, 9.17) is 4.74 Å². The number of aryl methyl sites for hydroxylation is 2. The molecule has 0 aliphatic carbocycles. The van der Waals surface area contributed by atoms with Gasteiger partial charge in [0.25, 0.3) is 0 Å². The van der Waals surface area contributed by atoms with E-state index in [1.54, 1.807) is 18.6 Å². The van der Waals surface area contributed by atoms with Crippen LogP contribution in [-0.2, 0) is 4.74 Å². The molecule has 8 heteroatoms. The van der Waals surface area contributed by atoms with Crippen LogP contribution in [0.25, 0.3) is 0 Å². The van der Waals surface area contributed by atoms with E-state index in [1.807, 2.05) is 31.2 Å². The highest BCUT2D eigenvalue weighted by atomic mass is 16.5. The second kappa shape index (κ2) is 9.32. The van der Waals surface area contributed by atoms with E-state index in [1.165, 1.54) is 5.56 Å². The third-order valence-electron chi connectivity index (χ3n) is 4.74. The lowest BCUT2D eigenvalue weighted by Gasteiger charge is -2.28. The molecule has 1 aliphatic heterocycles. The van der Waals surface area contributed by atoms with Crippen LogP contribution in [0.3, 0.4) is 0 Å². The van der Waals surface area contributed by atoms with Gasteiger partial charge in [0.2, 0.25) is 5.95 Å². The van der Waals surface area contributed by atoms with E-state index in [0.29, 0.717) is 19.2 Å². The maximum absolute atomic E-state index is 5.42. The minimum atomic E-state index is 0.455. The number of aromatic nitrogens is 3. The van der Waals surface area contributed by atoms with E-state index in [2.05, 4.69) is 54.8 Å². The third kappa shape index (κ3) is 5.09. The summed E-state index contributed by atoms with van der Waals surface area (Å²) >= 11 is 0. The lowest BCUT2D eigenvalue weighted by molar-refractivity contribution is 0.122. The smallest absolute Gasteiger partial charge is 0.245 e. The second-order valence-corrected chi connectivity index (χ2v) is 7.13. The molecule has 8 nitrogen and oxygen atoms in total. The van der Waals surface area contributed by atoms with Crippen LogP contribution in [0.15, 0.2) is 53.9 Å². The first-order valence-electron chi connectivity index (χ1n) is 9.92. The van der Waals surface area contributed by atoms with E-state index in [-0.39, 0.29) is 0 Å². The molecule has 0 saturated carbocycles. The summed E-state index contributed by atoms with van der Waals surface area (Å²) in [4.78, 5) is 15.5. The van der Waals surface area contributed by atoms with Crippen molar-refractivity contribution >= 4 is 29.4 Å². The fourth-order valence-electron chi connectivity index (χ4n) is 3.10. The summed E-state index contributed by atoms with van der Waals surface area (Å²) in [7, 11) is 0. The van der Waals surface area contributed by atoms with Crippen LogP contribution >= 0.6 is 0 Å². The number of morpholine rings is 1. The molecule has 0 atom stereocenters. The van der Waals surface area contributed by atoms with Gasteiger partial charge in [-0.05, 0) is 38.1 Å². The number of pyridine rings is 1. The zero-order valence-corrected chi connectivity index (χ0v) is 17.2. The summed E-state index contributed by atoms with van der Waals surface area (Å²) in [6, 6.07) is 12.1. The van der Waals surface area contributed by atoms with Crippen molar-refractivity contribution < 1.29 is 4.74 Å². The number of rotatable bonds is 6. The Kier molecular flexibility index (Phi) is 6.14. The minimum absolute atomic E-state index is 0.455. The van der Waals surface area contributed by atoms with Crippen LogP contribution in [0.1, 0.15) is 16.8 Å². The number of anilines is 4. The normalized spacial score (nSPS) is 14.1. The number of ether oxygens (including phenoxy) is 1. The van der Waals surface area contributed by atoms with Crippen LogP contribution in [0, 0.1) is 13.8 Å². The zero-order chi connectivity index (χ0) is 20.8. The Labute approximate surface area is 176 Å². The highest BCUT2D eigenvalue weighted by Crippen LogP contribution is 2.19. The molecule has 3 heterocycles. The molecule has 4 rings (SSSR count). The van der Waals surface area contributed by atoms with Gasteiger partial charge in [-0.3, -0.25) is 4.98 Å². The van der Waals surface area contributed by atoms with Crippen molar-refractivity contribution in [2.75, 3.05) is 41.9 Å². The third-order valence-corrected chi connectivity index (χ3v) is 4.74. The summed E-state index contributed by atoms with van der Waals surface area (Å²) in [5.74, 6) is 1.37. The molecule has 30 heavy (non-hydrogen) atoms. The van der Waals surface area contributed by atoms with Gasteiger partial charge in [-0.2, -0.15) is 10.1 Å². The van der Waals surface area contributed by atoms with Crippen molar-refractivity contribution in [3.05, 3.63) is 65.6 Å². The molecule has 0 amide bonds. The van der Waals surface area contributed by atoms with Gasteiger partial charge >= 0.3 is 0 Å². The highest BCUT2D eigenvalue weighted by Gasteiger charge is 2.15. The van der Waals surface area contributed by atoms with Gasteiger partial charge in [0.15, 0.2) is 0 Å². The molecular formula is C22H25N7O. The van der Waals surface area contributed by atoms with Crippen LogP contribution in [0.4, 0.5) is 23.1 Å². The Morgan fingerprint density at radius 2 is 1.73 bits per heavy atom. The van der Waals surface area contributed by atoms with Crippen LogP contribution < -0.4 is 15.6 Å². The predicted molar refractivity (Wildman–Crippen MR) is 120 cm³/mol. The van der Waals surface area contributed by atoms with E-state index >= 15 is 0 Å². The molecule has 1 aliphatic rings. The Morgan fingerprint density at radius 3 is 2.47 bits per heavy atom. The van der Waals surface area contributed by atoms with Crippen LogP contribution in [0.5, 0.6) is 0 Å². The molecule has 1 aromatic carbocycles. The van der Waals surface area contributed by atoms with Crippen LogP contribution in [-0.4, -0.2) is 47.5 Å². The van der Waals surface area contributed by atoms with Gasteiger partial charge in [0, 0.05) is 30.5 Å².